The Kier molecular flexibility index (Phi) is 5.47. The fourth-order valence-electron chi connectivity index (χ4n) is 2.88. The molecular weight excluding hydrogens is 308 g/mol. The molecule has 3 rings (SSSR count). The number of benzene rings is 3. The standard InChI is InChI=1S/C21H20BNP/c1-2-23-18-22-24(19-12-6-3-7-13-19,20-14-8-4-9-15-20)21-16-10-5-11-17-21/h3-17H,2H2,1H3/q+1. The number of hydrogen-bond donors (Lipinski definition) is 0. The van der Waals surface area contributed by atoms with E-state index in [9.17, 15) is 0 Å². The van der Waals surface area contributed by atoms with Crippen molar-refractivity contribution in [3.05, 3.63) is 95.8 Å². The zero-order valence-electron chi connectivity index (χ0n) is 13.8. The van der Waals surface area contributed by atoms with Gasteiger partial charge < -0.3 is 0 Å². The van der Waals surface area contributed by atoms with E-state index in [1.165, 1.54) is 15.9 Å². The summed E-state index contributed by atoms with van der Waals surface area (Å²) < 4.78 is 0. The van der Waals surface area contributed by atoms with Gasteiger partial charge in [-0.25, -0.2) is 0 Å². The van der Waals surface area contributed by atoms with Gasteiger partial charge in [0.1, 0.15) is 7.00 Å². The molecule has 0 aliphatic carbocycles. The minimum Gasteiger partial charge on any atom is -0.135 e. The van der Waals surface area contributed by atoms with Gasteiger partial charge in [-0.1, -0.05) is 61.7 Å². The van der Waals surface area contributed by atoms with E-state index in [0.29, 0.717) is 0 Å². The fourth-order valence-corrected chi connectivity index (χ4v) is 6.40. The maximum Gasteiger partial charge on any atom is 0.255 e. The first-order chi connectivity index (χ1) is 11.9. The third kappa shape index (κ3) is 3.28. The van der Waals surface area contributed by atoms with Crippen molar-refractivity contribution < 1.29 is 0 Å². The first-order valence-corrected chi connectivity index (χ1v) is 10.1. The van der Waals surface area contributed by atoms with Gasteiger partial charge in [-0.3, -0.25) is 0 Å². The van der Waals surface area contributed by atoms with E-state index in [0.717, 1.165) is 6.54 Å². The molecule has 0 aromatic heterocycles. The molecule has 116 valence electrons. The summed E-state index contributed by atoms with van der Waals surface area (Å²) in [5.74, 6) is 3.22. The average molecular weight is 328 g/mol. The Bertz CT molecular complexity index is 727. The van der Waals surface area contributed by atoms with Crippen molar-refractivity contribution in [3.8, 4) is 5.97 Å². The number of rotatable bonds is 4. The molecule has 0 fully saturated rings. The number of hydrogen-bond acceptors (Lipinski definition) is 0. The van der Waals surface area contributed by atoms with Crippen LogP contribution in [0.4, 0.5) is 0 Å². The van der Waals surface area contributed by atoms with Gasteiger partial charge in [0.25, 0.3) is 6.54 Å². The van der Waals surface area contributed by atoms with Crippen LogP contribution < -0.4 is 15.9 Å². The highest BCUT2D eigenvalue weighted by atomic mass is 31.2. The summed E-state index contributed by atoms with van der Waals surface area (Å²) in [5, 5.41) is 3.96. The molecule has 3 heteroatoms. The molecule has 0 bridgehead atoms. The van der Waals surface area contributed by atoms with Crippen molar-refractivity contribution in [1.82, 2.24) is 0 Å². The summed E-state index contributed by atoms with van der Waals surface area (Å²) in [4.78, 5) is 4.36. The Morgan fingerprint density at radius 2 is 1.08 bits per heavy atom. The van der Waals surface area contributed by atoms with Crippen LogP contribution in [0.5, 0.6) is 0 Å². The van der Waals surface area contributed by atoms with Crippen LogP contribution in [-0.4, -0.2) is 13.5 Å². The van der Waals surface area contributed by atoms with E-state index in [1.54, 1.807) is 0 Å². The second-order valence-corrected chi connectivity index (χ2v) is 8.71. The van der Waals surface area contributed by atoms with Crippen molar-refractivity contribution in [2.24, 2.45) is 0 Å². The van der Waals surface area contributed by atoms with Gasteiger partial charge in [-0.05, 0) is 36.4 Å². The largest absolute Gasteiger partial charge is 0.255 e. The lowest BCUT2D eigenvalue weighted by Crippen LogP contribution is -2.34. The minimum atomic E-state index is -1.91. The summed E-state index contributed by atoms with van der Waals surface area (Å²) >= 11 is 0. The topological polar surface area (TPSA) is 4.36 Å². The lowest BCUT2D eigenvalue weighted by atomic mass is 10.2. The maximum absolute atomic E-state index is 4.36. The van der Waals surface area contributed by atoms with E-state index in [2.05, 4.69) is 109 Å². The van der Waals surface area contributed by atoms with E-state index in [1.807, 2.05) is 6.92 Å². The molecule has 0 saturated heterocycles. The molecule has 3 aromatic carbocycles. The molecular formula is C21H20BNP+. The van der Waals surface area contributed by atoms with Crippen LogP contribution in [-0.2, 0) is 0 Å². The molecule has 0 amide bonds. The van der Waals surface area contributed by atoms with Crippen LogP contribution in [0.1, 0.15) is 6.92 Å². The first-order valence-electron chi connectivity index (χ1n) is 8.20. The molecule has 2 radical (unpaired) electrons. The zero-order valence-corrected chi connectivity index (χ0v) is 14.7. The molecule has 0 aliphatic heterocycles. The van der Waals surface area contributed by atoms with Crippen LogP contribution in [0, 0.1) is 5.97 Å². The molecule has 0 unspecified atom stereocenters. The van der Waals surface area contributed by atoms with Crippen molar-refractivity contribution in [1.29, 1.82) is 0 Å². The van der Waals surface area contributed by atoms with Crippen molar-refractivity contribution in [2.75, 3.05) is 6.54 Å². The predicted molar refractivity (Wildman–Crippen MR) is 109 cm³/mol. The highest BCUT2D eigenvalue weighted by Gasteiger charge is 2.35. The van der Waals surface area contributed by atoms with Crippen molar-refractivity contribution in [3.63, 3.8) is 0 Å². The SMILES string of the molecule is CC[N+]#C[B-][P+](c1ccccc1)(c1ccccc1)c1ccccc1. The van der Waals surface area contributed by atoms with Gasteiger partial charge >= 0.3 is 0 Å². The second kappa shape index (κ2) is 7.96. The third-order valence-electron chi connectivity index (χ3n) is 3.99. The van der Waals surface area contributed by atoms with Crippen LogP contribution in [0.15, 0.2) is 91.0 Å². The smallest absolute Gasteiger partial charge is 0.135 e. The molecule has 1 nitrogen and oxygen atoms in total. The van der Waals surface area contributed by atoms with Gasteiger partial charge in [0.2, 0.25) is 0 Å². The summed E-state index contributed by atoms with van der Waals surface area (Å²) in [7, 11) is -1.91. The lowest BCUT2D eigenvalue weighted by molar-refractivity contribution is 1.35. The van der Waals surface area contributed by atoms with Gasteiger partial charge in [0.05, 0.1) is 15.9 Å². The van der Waals surface area contributed by atoms with Crippen molar-refractivity contribution in [2.45, 2.75) is 6.92 Å². The molecule has 0 N–H and O–H groups in total. The first kappa shape index (κ1) is 16.5. The maximum atomic E-state index is 4.36. The van der Waals surface area contributed by atoms with Gasteiger partial charge in [-0.2, -0.15) is 0 Å². The quantitative estimate of drug-likeness (QED) is 0.505. The molecule has 0 atom stereocenters. The summed E-state index contributed by atoms with van der Waals surface area (Å²) in [5.41, 5.74) is 0. The monoisotopic (exact) mass is 328 g/mol. The van der Waals surface area contributed by atoms with E-state index in [-0.39, 0.29) is 0 Å². The Morgan fingerprint density at radius 1 is 0.708 bits per heavy atom. The van der Waals surface area contributed by atoms with Gasteiger partial charge in [0, 0.05) is 12.9 Å². The second-order valence-electron chi connectivity index (χ2n) is 5.46. The van der Waals surface area contributed by atoms with Crippen molar-refractivity contribution >= 4 is 30.1 Å². The molecule has 0 saturated carbocycles. The average Bonchev–Trinajstić information content (AvgIpc) is 2.68. The Morgan fingerprint density at radius 3 is 1.42 bits per heavy atom. The highest BCUT2D eigenvalue weighted by molar-refractivity contribution is 8.16. The Balaban J connectivity index is 2.28. The van der Waals surface area contributed by atoms with E-state index in [4.69, 9.17) is 0 Å². The van der Waals surface area contributed by atoms with Gasteiger partial charge in [0.15, 0.2) is 0 Å². The molecule has 24 heavy (non-hydrogen) atoms. The summed E-state index contributed by atoms with van der Waals surface area (Å²) in [6.07, 6.45) is 0. The Labute approximate surface area is 145 Å². The van der Waals surface area contributed by atoms with Crippen LogP contribution >= 0.6 is 7.14 Å². The predicted octanol–water partition coefficient (Wildman–Crippen LogP) is 3.91. The minimum absolute atomic E-state index is 0.745. The fraction of sp³-hybridized carbons (Fsp3) is 0.0952. The van der Waals surface area contributed by atoms with E-state index >= 15 is 0 Å². The molecule has 3 aromatic rings. The summed E-state index contributed by atoms with van der Waals surface area (Å²) in [6.45, 7) is 4.99. The Hall–Kier alpha value is -2.36. The number of nitrogens with zero attached hydrogens (tertiary/aromatic N) is 1. The van der Waals surface area contributed by atoms with Crippen LogP contribution in [0.2, 0.25) is 0 Å². The molecule has 0 heterocycles. The normalized spacial score (nSPS) is 10.7. The van der Waals surface area contributed by atoms with Crippen LogP contribution in [0.25, 0.3) is 4.85 Å². The highest BCUT2D eigenvalue weighted by Crippen LogP contribution is 2.53. The zero-order chi connectivity index (χ0) is 16.7. The van der Waals surface area contributed by atoms with E-state index < -0.39 is 7.14 Å². The third-order valence-corrected chi connectivity index (χ3v) is 7.83. The molecule has 0 aliphatic rings. The lowest BCUT2D eigenvalue weighted by Gasteiger charge is -2.34. The van der Waals surface area contributed by atoms with Gasteiger partial charge in [-0.15, -0.1) is 4.85 Å². The molecule has 0 spiro atoms. The van der Waals surface area contributed by atoms with Crippen LogP contribution in [0.3, 0.4) is 0 Å². The summed E-state index contributed by atoms with van der Waals surface area (Å²) in [6, 6.07) is 32.2.